The number of hydrogen-bond donors (Lipinski definition) is 1. The van der Waals surface area contributed by atoms with Gasteiger partial charge in [-0.25, -0.2) is 12.8 Å². The predicted molar refractivity (Wildman–Crippen MR) is 167 cm³/mol. The number of carbonyl (C=O) groups is 2. The van der Waals surface area contributed by atoms with E-state index in [2.05, 4.69) is 5.32 Å². The van der Waals surface area contributed by atoms with Gasteiger partial charge in [0.2, 0.25) is 11.8 Å². The summed E-state index contributed by atoms with van der Waals surface area (Å²) in [4.78, 5) is 29.3. The normalized spacial score (nSPS) is 12.0. The van der Waals surface area contributed by atoms with Crippen molar-refractivity contribution in [1.29, 1.82) is 0 Å². The van der Waals surface area contributed by atoms with Crippen molar-refractivity contribution in [1.82, 2.24) is 10.2 Å². The van der Waals surface area contributed by atoms with Gasteiger partial charge in [0, 0.05) is 19.0 Å². The molecule has 0 spiro atoms. The van der Waals surface area contributed by atoms with Crippen LogP contribution in [0.3, 0.4) is 0 Å². The summed E-state index contributed by atoms with van der Waals surface area (Å²) < 4.78 is 42.8. The second-order valence-corrected chi connectivity index (χ2v) is 12.6. The Balaban J connectivity index is 1.80. The lowest BCUT2D eigenvalue weighted by molar-refractivity contribution is -0.140. The molecule has 43 heavy (non-hydrogen) atoms. The lowest BCUT2D eigenvalue weighted by atomic mass is 10.0. The summed E-state index contributed by atoms with van der Waals surface area (Å²) in [5.74, 6) is -1.72. The van der Waals surface area contributed by atoms with Crippen LogP contribution in [0, 0.1) is 5.82 Å². The van der Waals surface area contributed by atoms with Gasteiger partial charge in [-0.1, -0.05) is 90.5 Å². The molecule has 0 heterocycles. The number of halogens is 2. The molecule has 0 saturated heterocycles. The first-order valence-electron chi connectivity index (χ1n) is 13.8. The van der Waals surface area contributed by atoms with Gasteiger partial charge in [0.05, 0.1) is 15.6 Å². The number of nitrogens with one attached hydrogen (secondary N) is 1. The molecule has 0 radical (unpaired) electrons. The van der Waals surface area contributed by atoms with Gasteiger partial charge in [-0.3, -0.25) is 13.9 Å². The average molecular weight is 622 g/mol. The van der Waals surface area contributed by atoms with E-state index in [4.69, 9.17) is 11.6 Å². The molecule has 1 N–H and O–H groups in total. The van der Waals surface area contributed by atoms with Crippen molar-refractivity contribution in [2.75, 3.05) is 10.8 Å². The summed E-state index contributed by atoms with van der Waals surface area (Å²) >= 11 is 6.05. The van der Waals surface area contributed by atoms with Crippen LogP contribution in [0.2, 0.25) is 5.02 Å². The van der Waals surface area contributed by atoms with Crippen molar-refractivity contribution in [2.45, 2.75) is 43.8 Å². The lowest BCUT2D eigenvalue weighted by Crippen LogP contribution is -2.54. The minimum Gasteiger partial charge on any atom is -0.352 e. The predicted octanol–water partition coefficient (Wildman–Crippen LogP) is 5.84. The van der Waals surface area contributed by atoms with Crippen LogP contribution < -0.4 is 9.62 Å². The molecular weight excluding hydrogens is 589 g/mol. The van der Waals surface area contributed by atoms with E-state index in [0.717, 1.165) is 21.5 Å². The van der Waals surface area contributed by atoms with Crippen molar-refractivity contribution in [3.05, 3.63) is 131 Å². The maximum absolute atomic E-state index is 14.3. The molecular formula is C33H33ClFN3O4S. The Morgan fingerprint density at radius 3 is 1.95 bits per heavy atom. The van der Waals surface area contributed by atoms with E-state index >= 15 is 0 Å². The number of hydrogen-bond acceptors (Lipinski definition) is 4. The minimum absolute atomic E-state index is 0.00880. The third kappa shape index (κ3) is 8.21. The van der Waals surface area contributed by atoms with Gasteiger partial charge < -0.3 is 10.2 Å². The van der Waals surface area contributed by atoms with Crippen LogP contribution in [0.5, 0.6) is 0 Å². The Kier molecular flexibility index (Phi) is 10.6. The number of nitrogens with zero attached hydrogens (tertiary/aromatic N) is 2. The average Bonchev–Trinajstić information content (AvgIpc) is 3.00. The molecule has 4 aromatic carbocycles. The number of anilines is 1. The van der Waals surface area contributed by atoms with Crippen LogP contribution in [0.4, 0.5) is 10.1 Å². The summed E-state index contributed by atoms with van der Waals surface area (Å²) in [5.41, 5.74) is 1.60. The number of sulfonamides is 1. The molecule has 0 aliphatic carbocycles. The number of benzene rings is 4. The molecule has 1 unspecified atom stereocenters. The highest BCUT2D eigenvalue weighted by Crippen LogP contribution is 2.28. The van der Waals surface area contributed by atoms with Crippen molar-refractivity contribution >= 4 is 39.1 Å². The van der Waals surface area contributed by atoms with Gasteiger partial charge in [0.1, 0.15) is 18.4 Å². The molecule has 2 amide bonds. The second-order valence-electron chi connectivity index (χ2n) is 10.3. The molecule has 10 heteroatoms. The van der Waals surface area contributed by atoms with E-state index in [0.29, 0.717) is 0 Å². The van der Waals surface area contributed by atoms with E-state index in [1.165, 1.54) is 29.2 Å². The van der Waals surface area contributed by atoms with Gasteiger partial charge in [0.25, 0.3) is 10.0 Å². The molecule has 0 aliphatic rings. The highest BCUT2D eigenvalue weighted by atomic mass is 35.5. The zero-order valence-corrected chi connectivity index (χ0v) is 25.4. The molecule has 0 bridgehead atoms. The minimum atomic E-state index is -4.30. The lowest BCUT2D eigenvalue weighted by Gasteiger charge is -2.34. The van der Waals surface area contributed by atoms with Gasteiger partial charge in [-0.2, -0.15) is 0 Å². The van der Waals surface area contributed by atoms with Crippen LogP contribution >= 0.6 is 11.6 Å². The Morgan fingerprint density at radius 2 is 1.40 bits per heavy atom. The van der Waals surface area contributed by atoms with Crippen LogP contribution in [-0.2, 0) is 32.6 Å². The van der Waals surface area contributed by atoms with Crippen LogP contribution in [-0.4, -0.2) is 43.8 Å². The van der Waals surface area contributed by atoms with Crippen molar-refractivity contribution in [3.63, 3.8) is 0 Å². The van der Waals surface area contributed by atoms with Crippen LogP contribution in [0.25, 0.3) is 0 Å². The first-order valence-corrected chi connectivity index (χ1v) is 15.6. The summed E-state index contributed by atoms with van der Waals surface area (Å²) in [6, 6.07) is 28.4. The van der Waals surface area contributed by atoms with Gasteiger partial charge >= 0.3 is 0 Å². The fourth-order valence-electron chi connectivity index (χ4n) is 4.60. The van der Waals surface area contributed by atoms with Crippen molar-refractivity contribution in [3.8, 4) is 0 Å². The molecule has 4 aromatic rings. The van der Waals surface area contributed by atoms with E-state index < -0.39 is 34.3 Å². The SMILES string of the molecule is CC(C)NC(=O)C(Cc1ccccc1)N(Cc1ccccc1)C(=O)CN(c1ccc(F)c(Cl)c1)S(=O)(=O)c1ccccc1. The van der Waals surface area contributed by atoms with Gasteiger partial charge in [-0.15, -0.1) is 0 Å². The van der Waals surface area contributed by atoms with E-state index in [-0.39, 0.29) is 40.5 Å². The number of amides is 2. The first-order chi connectivity index (χ1) is 20.6. The summed E-state index contributed by atoms with van der Waals surface area (Å²) in [7, 11) is -4.30. The Bertz CT molecular complexity index is 1640. The molecule has 224 valence electrons. The molecule has 0 aromatic heterocycles. The maximum atomic E-state index is 14.3. The summed E-state index contributed by atoms with van der Waals surface area (Å²) in [6.07, 6.45) is 0.200. The third-order valence-electron chi connectivity index (χ3n) is 6.70. The molecule has 0 saturated carbocycles. The van der Waals surface area contributed by atoms with Crippen molar-refractivity contribution < 1.29 is 22.4 Å². The summed E-state index contributed by atoms with van der Waals surface area (Å²) in [5, 5.41) is 2.62. The molecule has 1 atom stereocenters. The van der Waals surface area contributed by atoms with Crippen LogP contribution in [0.1, 0.15) is 25.0 Å². The zero-order chi connectivity index (χ0) is 31.0. The fourth-order valence-corrected chi connectivity index (χ4v) is 6.21. The third-order valence-corrected chi connectivity index (χ3v) is 8.78. The molecule has 0 fully saturated rings. The van der Waals surface area contributed by atoms with Crippen LogP contribution in [0.15, 0.2) is 114 Å². The van der Waals surface area contributed by atoms with Gasteiger partial charge in [-0.05, 0) is 55.3 Å². The summed E-state index contributed by atoms with van der Waals surface area (Å²) in [6.45, 7) is 3.04. The fraction of sp³-hybridized carbons (Fsp3) is 0.212. The number of rotatable bonds is 12. The quantitative estimate of drug-likeness (QED) is 0.215. The second kappa shape index (κ2) is 14.3. The largest absolute Gasteiger partial charge is 0.352 e. The molecule has 0 aliphatic heterocycles. The van der Waals surface area contributed by atoms with E-state index in [9.17, 15) is 22.4 Å². The molecule has 7 nitrogen and oxygen atoms in total. The Labute approximate surface area is 257 Å². The Hall–Kier alpha value is -4.21. The highest BCUT2D eigenvalue weighted by molar-refractivity contribution is 7.92. The van der Waals surface area contributed by atoms with Crippen molar-refractivity contribution in [2.24, 2.45) is 0 Å². The maximum Gasteiger partial charge on any atom is 0.264 e. The zero-order valence-electron chi connectivity index (χ0n) is 23.9. The van der Waals surface area contributed by atoms with Gasteiger partial charge in [0.15, 0.2) is 0 Å². The van der Waals surface area contributed by atoms with E-state index in [1.54, 1.807) is 18.2 Å². The smallest absolute Gasteiger partial charge is 0.264 e. The topological polar surface area (TPSA) is 86.8 Å². The number of carbonyl (C=O) groups excluding carboxylic acids is 2. The van der Waals surface area contributed by atoms with E-state index in [1.807, 2.05) is 74.5 Å². The first kappa shape index (κ1) is 31.7. The standard InChI is InChI=1S/C33H33ClFN3O4S/c1-24(2)36-33(40)31(20-25-12-6-3-7-13-25)37(22-26-14-8-4-9-15-26)32(39)23-38(27-18-19-30(35)29(34)21-27)43(41,42)28-16-10-5-11-17-28/h3-19,21,24,31H,20,22-23H2,1-2H3,(H,36,40). The Morgan fingerprint density at radius 1 is 0.837 bits per heavy atom. The highest BCUT2D eigenvalue weighted by Gasteiger charge is 2.35. The monoisotopic (exact) mass is 621 g/mol. The molecule has 4 rings (SSSR count).